The van der Waals surface area contributed by atoms with Gasteiger partial charge in [0.1, 0.15) is 6.61 Å². The number of hydrogen-bond donors (Lipinski definition) is 1. The largest absolute Gasteiger partial charge is 0.485 e. The van der Waals surface area contributed by atoms with Crippen LogP contribution in [0.3, 0.4) is 0 Å². The van der Waals surface area contributed by atoms with E-state index < -0.39 is 5.97 Å². The predicted molar refractivity (Wildman–Crippen MR) is 70.8 cm³/mol. The number of carbonyl (C=O) groups is 1. The molecular formula is C14H14N2O3. The maximum atomic E-state index is 11.1. The molecule has 0 spiro atoms. The molecule has 1 aromatic carbocycles. The van der Waals surface area contributed by atoms with Gasteiger partial charge < -0.3 is 9.84 Å². The summed E-state index contributed by atoms with van der Waals surface area (Å²) in [5, 5.41) is 13.1. The highest BCUT2D eigenvalue weighted by Gasteiger charge is 2.17. The van der Waals surface area contributed by atoms with E-state index in [-0.39, 0.29) is 11.4 Å². The van der Waals surface area contributed by atoms with Gasteiger partial charge >= 0.3 is 5.97 Å². The van der Waals surface area contributed by atoms with Gasteiger partial charge in [-0.3, -0.25) is 0 Å². The number of ether oxygens (including phenoxy) is 1. The van der Waals surface area contributed by atoms with Crippen LogP contribution < -0.4 is 4.74 Å². The van der Waals surface area contributed by atoms with Crippen LogP contribution in [0.15, 0.2) is 48.7 Å². The number of para-hydroxylation sites is 1. The number of carboxylic acid groups (broad SMARTS) is 1. The summed E-state index contributed by atoms with van der Waals surface area (Å²) in [5.74, 6) is -0.848. The number of benzene rings is 1. The summed E-state index contributed by atoms with van der Waals surface area (Å²) in [5.41, 5.74) is 0.694. The quantitative estimate of drug-likeness (QED) is 0.837. The van der Waals surface area contributed by atoms with E-state index in [1.807, 2.05) is 43.3 Å². The van der Waals surface area contributed by atoms with Crippen LogP contribution in [0.4, 0.5) is 0 Å². The lowest BCUT2D eigenvalue weighted by Gasteiger charge is -1.99. The van der Waals surface area contributed by atoms with E-state index >= 15 is 0 Å². The van der Waals surface area contributed by atoms with E-state index in [4.69, 9.17) is 9.84 Å². The van der Waals surface area contributed by atoms with Crippen molar-refractivity contribution in [3.8, 4) is 11.4 Å². The Balaban J connectivity index is 2.32. The molecule has 2 aromatic rings. The van der Waals surface area contributed by atoms with Crippen molar-refractivity contribution in [2.24, 2.45) is 0 Å². The first kappa shape index (κ1) is 12.9. The minimum absolute atomic E-state index is 0.0895. The summed E-state index contributed by atoms with van der Waals surface area (Å²) < 4.78 is 6.88. The SMILES string of the molecule is C/C=C/COc1cn(-c2ccccc2)nc1C(=O)O. The number of allylic oxidation sites excluding steroid dienone is 1. The molecule has 0 bridgehead atoms. The summed E-state index contributed by atoms with van der Waals surface area (Å²) in [4.78, 5) is 11.1. The van der Waals surface area contributed by atoms with Crippen molar-refractivity contribution in [3.63, 3.8) is 0 Å². The second kappa shape index (κ2) is 5.86. The highest BCUT2D eigenvalue weighted by Crippen LogP contribution is 2.19. The van der Waals surface area contributed by atoms with E-state index in [2.05, 4.69) is 5.10 Å². The molecular weight excluding hydrogens is 244 g/mol. The Morgan fingerprint density at radius 1 is 1.42 bits per heavy atom. The molecule has 0 aliphatic rings. The number of aromatic carboxylic acids is 1. The third kappa shape index (κ3) is 3.01. The monoisotopic (exact) mass is 258 g/mol. The van der Waals surface area contributed by atoms with Crippen molar-refractivity contribution in [1.29, 1.82) is 0 Å². The summed E-state index contributed by atoms with van der Waals surface area (Å²) in [6.07, 6.45) is 5.20. The number of aromatic nitrogens is 2. The van der Waals surface area contributed by atoms with Gasteiger partial charge in [0.15, 0.2) is 5.75 Å². The molecule has 5 heteroatoms. The fraction of sp³-hybridized carbons (Fsp3) is 0.143. The van der Waals surface area contributed by atoms with Crippen molar-refractivity contribution in [2.75, 3.05) is 6.61 Å². The van der Waals surface area contributed by atoms with Crippen molar-refractivity contribution < 1.29 is 14.6 Å². The minimum atomic E-state index is -1.11. The third-order valence-corrected chi connectivity index (χ3v) is 2.47. The normalized spacial score (nSPS) is 10.8. The Morgan fingerprint density at radius 2 is 2.16 bits per heavy atom. The van der Waals surface area contributed by atoms with Gasteiger partial charge in [0.25, 0.3) is 0 Å². The maximum absolute atomic E-state index is 11.1. The van der Waals surface area contributed by atoms with E-state index in [9.17, 15) is 4.79 Å². The van der Waals surface area contributed by atoms with Crippen LogP contribution in [-0.2, 0) is 0 Å². The van der Waals surface area contributed by atoms with Gasteiger partial charge in [-0.1, -0.05) is 30.4 Å². The highest BCUT2D eigenvalue weighted by atomic mass is 16.5. The summed E-state index contributed by atoms with van der Waals surface area (Å²) in [6.45, 7) is 2.19. The van der Waals surface area contributed by atoms with E-state index in [0.717, 1.165) is 5.69 Å². The van der Waals surface area contributed by atoms with Crippen LogP contribution >= 0.6 is 0 Å². The molecule has 1 heterocycles. The van der Waals surface area contributed by atoms with Gasteiger partial charge in [-0.25, -0.2) is 9.48 Å². The van der Waals surface area contributed by atoms with Gasteiger partial charge in [-0.05, 0) is 19.1 Å². The summed E-state index contributed by atoms with van der Waals surface area (Å²) in [6, 6.07) is 9.28. The lowest BCUT2D eigenvalue weighted by atomic mass is 10.3. The summed E-state index contributed by atoms with van der Waals surface area (Å²) >= 11 is 0. The van der Waals surface area contributed by atoms with Crippen LogP contribution in [-0.4, -0.2) is 27.5 Å². The zero-order valence-corrected chi connectivity index (χ0v) is 10.5. The fourth-order valence-corrected chi connectivity index (χ4v) is 1.56. The Morgan fingerprint density at radius 3 is 2.79 bits per heavy atom. The molecule has 0 amide bonds. The molecule has 0 saturated carbocycles. The Bertz CT molecular complexity index is 588. The first-order chi connectivity index (χ1) is 9.22. The molecule has 1 aromatic heterocycles. The van der Waals surface area contributed by atoms with Gasteiger partial charge in [0.2, 0.25) is 5.69 Å². The molecule has 0 saturated heterocycles. The lowest BCUT2D eigenvalue weighted by Crippen LogP contribution is -2.03. The molecule has 0 aliphatic heterocycles. The topological polar surface area (TPSA) is 64.4 Å². The molecule has 1 N–H and O–H groups in total. The van der Waals surface area contributed by atoms with Crippen LogP contribution in [0, 0.1) is 0 Å². The zero-order valence-electron chi connectivity index (χ0n) is 10.5. The van der Waals surface area contributed by atoms with Crippen molar-refractivity contribution in [3.05, 3.63) is 54.4 Å². The smallest absolute Gasteiger partial charge is 0.360 e. The molecule has 5 nitrogen and oxygen atoms in total. The molecule has 2 rings (SSSR count). The number of nitrogens with zero attached hydrogens (tertiary/aromatic N) is 2. The first-order valence-electron chi connectivity index (χ1n) is 5.84. The Labute approximate surface area is 110 Å². The van der Waals surface area contributed by atoms with Crippen LogP contribution in [0.1, 0.15) is 17.4 Å². The van der Waals surface area contributed by atoms with E-state index in [0.29, 0.717) is 6.61 Å². The molecule has 0 aliphatic carbocycles. The fourth-order valence-electron chi connectivity index (χ4n) is 1.56. The van der Waals surface area contributed by atoms with Gasteiger partial charge in [0, 0.05) is 0 Å². The third-order valence-electron chi connectivity index (χ3n) is 2.47. The number of rotatable bonds is 5. The van der Waals surface area contributed by atoms with E-state index in [1.165, 1.54) is 4.68 Å². The van der Waals surface area contributed by atoms with Crippen LogP contribution in [0.25, 0.3) is 5.69 Å². The zero-order chi connectivity index (χ0) is 13.7. The van der Waals surface area contributed by atoms with Crippen molar-refractivity contribution in [1.82, 2.24) is 9.78 Å². The van der Waals surface area contributed by atoms with Gasteiger partial charge in [-0.2, -0.15) is 5.10 Å². The molecule has 0 atom stereocenters. The molecule has 0 unspecified atom stereocenters. The second-order valence-corrected chi connectivity index (χ2v) is 3.81. The minimum Gasteiger partial charge on any atom is -0.485 e. The molecule has 0 fully saturated rings. The lowest BCUT2D eigenvalue weighted by molar-refractivity contribution is 0.0686. The standard InChI is InChI=1S/C14H14N2O3/c1-2-3-9-19-12-10-16(15-13(12)14(17)18)11-7-5-4-6-8-11/h2-8,10H,9H2,1H3,(H,17,18)/b3-2+. The first-order valence-corrected chi connectivity index (χ1v) is 5.84. The Kier molecular flexibility index (Phi) is 3.97. The predicted octanol–water partition coefficient (Wildman–Crippen LogP) is 2.53. The number of carboxylic acids is 1. The van der Waals surface area contributed by atoms with Crippen molar-refractivity contribution >= 4 is 5.97 Å². The Hall–Kier alpha value is -2.56. The maximum Gasteiger partial charge on any atom is 0.360 e. The average Bonchev–Trinajstić information content (AvgIpc) is 2.84. The van der Waals surface area contributed by atoms with Gasteiger partial charge in [0.05, 0.1) is 11.9 Å². The second-order valence-electron chi connectivity index (χ2n) is 3.81. The van der Waals surface area contributed by atoms with Crippen LogP contribution in [0.2, 0.25) is 0 Å². The van der Waals surface area contributed by atoms with Crippen molar-refractivity contribution in [2.45, 2.75) is 6.92 Å². The molecule has 98 valence electrons. The van der Waals surface area contributed by atoms with Gasteiger partial charge in [-0.15, -0.1) is 0 Å². The molecule has 19 heavy (non-hydrogen) atoms. The summed E-state index contributed by atoms with van der Waals surface area (Å²) in [7, 11) is 0. The number of hydrogen-bond acceptors (Lipinski definition) is 3. The van der Waals surface area contributed by atoms with Crippen LogP contribution in [0.5, 0.6) is 5.75 Å². The highest BCUT2D eigenvalue weighted by molar-refractivity contribution is 5.88. The molecule has 0 radical (unpaired) electrons. The van der Waals surface area contributed by atoms with E-state index in [1.54, 1.807) is 12.3 Å². The average molecular weight is 258 g/mol.